The van der Waals surface area contributed by atoms with E-state index in [1.54, 1.807) is 12.4 Å². The van der Waals surface area contributed by atoms with Gasteiger partial charge in [-0.25, -0.2) is 0 Å². The van der Waals surface area contributed by atoms with E-state index >= 15 is 0 Å². The molecule has 0 aromatic carbocycles. The SMILES string of the molecule is O=C1NCCC1Cc1ccncc1Cl. The monoisotopic (exact) mass is 210 g/mol. The molecule has 1 aromatic rings. The van der Waals surface area contributed by atoms with Crippen molar-refractivity contribution in [1.29, 1.82) is 0 Å². The van der Waals surface area contributed by atoms with Crippen molar-refractivity contribution in [2.75, 3.05) is 6.54 Å². The predicted octanol–water partition coefficient (Wildman–Crippen LogP) is 1.41. The molecule has 1 aliphatic heterocycles. The predicted molar refractivity (Wildman–Crippen MR) is 54.1 cm³/mol. The first-order valence-corrected chi connectivity index (χ1v) is 5.01. The Balaban J connectivity index is 2.10. The number of nitrogens with one attached hydrogen (secondary N) is 1. The van der Waals surface area contributed by atoms with Gasteiger partial charge in [-0.15, -0.1) is 0 Å². The number of amides is 1. The largest absolute Gasteiger partial charge is 0.356 e. The summed E-state index contributed by atoms with van der Waals surface area (Å²) >= 11 is 5.96. The van der Waals surface area contributed by atoms with E-state index in [-0.39, 0.29) is 11.8 Å². The molecule has 0 saturated carbocycles. The average molecular weight is 211 g/mol. The van der Waals surface area contributed by atoms with E-state index < -0.39 is 0 Å². The van der Waals surface area contributed by atoms with Crippen LogP contribution in [0.2, 0.25) is 5.02 Å². The highest BCUT2D eigenvalue weighted by Crippen LogP contribution is 2.21. The maximum Gasteiger partial charge on any atom is 0.223 e. The quantitative estimate of drug-likeness (QED) is 0.802. The van der Waals surface area contributed by atoms with Crippen molar-refractivity contribution in [2.45, 2.75) is 12.8 Å². The van der Waals surface area contributed by atoms with Crippen LogP contribution >= 0.6 is 11.6 Å². The first-order valence-electron chi connectivity index (χ1n) is 4.63. The van der Waals surface area contributed by atoms with Gasteiger partial charge in [0.15, 0.2) is 0 Å². The van der Waals surface area contributed by atoms with E-state index in [2.05, 4.69) is 10.3 Å². The van der Waals surface area contributed by atoms with Gasteiger partial charge in [-0.3, -0.25) is 9.78 Å². The van der Waals surface area contributed by atoms with Gasteiger partial charge in [0.1, 0.15) is 0 Å². The Morgan fingerprint density at radius 1 is 1.64 bits per heavy atom. The van der Waals surface area contributed by atoms with Crippen LogP contribution in [-0.4, -0.2) is 17.4 Å². The highest BCUT2D eigenvalue weighted by Gasteiger charge is 2.24. The van der Waals surface area contributed by atoms with Gasteiger partial charge in [0.05, 0.1) is 5.02 Å². The zero-order chi connectivity index (χ0) is 9.97. The Morgan fingerprint density at radius 2 is 2.50 bits per heavy atom. The molecule has 4 heteroatoms. The number of hydrogen-bond donors (Lipinski definition) is 1. The molecule has 3 nitrogen and oxygen atoms in total. The molecule has 1 unspecified atom stereocenters. The summed E-state index contributed by atoms with van der Waals surface area (Å²) in [4.78, 5) is 15.2. The molecule has 74 valence electrons. The third-order valence-electron chi connectivity index (χ3n) is 2.49. The Morgan fingerprint density at radius 3 is 3.14 bits per heavy atom. The molecular weight excluding hydrogens is 200 g/mol. The first kappa shape index (κ1) is 9.46. The van der Waals surface area contributed by atoms with E-state index in [4.69, 9.17) is 11.6 Å². The van der Waals surface area contributed by atoms with Gasteiger partial charge in [-0.2, -0.15) is 0 Å². The maximum atomic E-state index is 11.3. The lowest BCUT2D eigenvalue weighted by atomic mass is 9.99. The number of nitrogens with zero attached hydrogens (tertiary/aromatic N) is 1. The van der Waals surface area contributed by atoms with Crippen molar-refractivity contribution < 1.29 is 4.79 Å². The summed E-state index contributed by atoms with van der Waals surface area (Å²) in [6, 6.07) is 1.87. The van der Waals surface area contributed by atoms with Gasteiger partial charge >= 0.3 is 0 Å². The molecule has 1 saturated heterocycles. The van der Waals surface area contributed by atoms with E-state index in [1.165, 1.54) is 0 Å². The molecule has 0 aliphatic carbocycles. The van der Waals surface area contributed by atoms with Crippen LogP contribution in [0.1, 0.15) is 12.0 Å². The minimum atomic E-state index is 0.0786. The molecular formula is C10H11ClN2O. The number of halogens is 1. The van der Waals surface area contributed by atoms with Crippen LogP contribution < -0.4 is 5.32 Å². The highest BCUT2D eigenvalue weighted by atomic mass is 35.5. The van der Waals surface area contributed by atoms with Gasteiger partial charge in [-0.1, -0.05) is 11.6 Å². The second kappa shape index (κ2) is 3.96. The lowest BCUT2D eigenvalue weighted by Gasteiger charge is -2.07. The zero-order valence-electron chi connectivity index (χ0n) is 7.66. The Bertz CT molecular complexity index is 354. The second-order valence-corrected chi connectivity index (χ2v) is 3.86. The van der Waals surface area contributed by atoms with Crippen molar-refractivity contribution >= 4 is 17.5 Å². The maximum absolute atomic E-state index is 11.3. The molecule has 14 heavy (non-hydrogen) atoms. The van der Waals surface area contributed by atoms with Crippen molar-refractivity contribution in [2.24, 2.45) is 5.92 Å². The summed E-state index contributed by atoms with van der Waals surface area (Å²) < 4.78 is 0. The number of pyridine rings is 1. The molecule has 2 heterocycles. The lowest BCUT2D eigenvalue weighted by Crippen LogP contribution is -2.20. The summed E-state index contributed by atoms with van der Waals surface area (Å²) in [6.07, 6.45) is 4.93. The summed E-state index contributed by atoms with van der Waals surface area (Å²) in [5, 5.41) is 3.46. The fourth-order valence-corrected chi connectivity index (χ4v) is 1.87. The number of carbonyl (C=O) groups is 1. The normalized spacial score (nSPS) is 20.9. The Kier molecular flexibility index (Phi) is 2.68. The zero-order valence-corrected chi connectivity index (χ0v) is 8.42. The van der Waals surface area contributed by atoms with Gasteiger partial charge in [-0.05, 0) is 24.5 Å². The number of aromatic nitrogens is 1. The van der Waals surface area contributed by atoms with E-state index in [1.807, 2.05) is 6.07 Å². The topological polar surface area (TPSA) is 42.0 Å². The van der Waals surface area contributed by atoms with E-state index in [0.717, 1.165) is 18.5 Å². The average Bonchev–Trinajstić information content (AvgIpc) is 2.56. The van der Waals surface area contributed by atoms with E-state index in [0.29, 0.717) is 11.4 Å². The van der Waals surface area contributed by atoms with E-state index in [9.17, 15) is 4.79 Å². The smallest absolute Gasteiger partial charge is 0.223 e. The number of hydrogen-bond acceptors (Lipinski definition) is 2. The van der Waals surface area contributed by atoms with Crippen molar-refractivity contribution in [3.8, 4) is 0 Å². The molecule has 0 bridgehead atoms. The van der Waals surface area contributed by atoms with Gasteiger partial charge in [0.2, 0.25) is 5.91 Å². The summed E-state index contributed by atoms with van der Waals surface area (Å²) in [5.41, 5.74) is 1.00. The van der Waals surface area contributed by atoms with Gasteiger partial charge in [0, 0.05) is 24.9 Å². The third kappa shape index (κ3) is 1.87. The summed E-state index contributed by atoms with van der Waals surface area (Å²) in [6.45, 7) is 0.784. The standard InChI is InChI=1S/C10H11ClN2O/c11-9-6-12-3-1-7(9)5-8-2-4-13-10(8)14/h1,3,6,8H,2,4-5H2,(H,13,14). The number of carbonyl (C=O) groups excluding carboxylic acids is 1. The fourth-order valence-electron chi connectivity index (χ4n) is 1.67. The van der Waals surface area contributed by atoms with Crippen molar-refractivity contribution in [3.63, 3.8) is 0 Å². The van der Waals surface area contributed by atoms with Crippen molar-refractivity contribution in [1.82, 2.24) is 10.3 Å². The molecule has 1 fully saturated rings. The first-order chi connectivity index (χ1) is 6.77. The molecule has 1 aliphatic rings. The van der Waals surface area contributed by atoms with Gasteiger partial charge < -0.3 is 5.32 Å². The minimum Gasteiger partial charge on any atom is -0.356 e. The van der Waals surface area contributed by atoms with Crippen LogP contribution in [0.25, 0.3) is 0 Å². The summed E-state index contributed by atoms with van der Waals surface area (Å²) in [5.74, 6) is 0.216. The molecule has 1 atom stereocenters. The lowest BCUT2D eigenvalue weighted by molar-refractivity contribution is -0.122. The minimum absolute atomic E-state index is 0.0786. The molecule has 0 spiro atoms. The van der Waals surface area contributed by atoms with Crippen LogP contribution in [0.4, 0.5) is 0 Å². The van der Waals surface area contributed by atoms with Crippen LogP contribution in [0, 0.1) is 5.92 Å². The van der Waals surface area contributed by atoms with Crippen LogP contribution in [0.15, 0.2) is 18.5 Å². The van der Waals surface area contributed by atoms with Crippen LogP contribution in [0.3, 0.4) is 0 Å². The third-order valence-corrected chi connectivity index (χ3v) is 2.83. The summed E-state index contributed by atoms with van der Waals surface area (Å²) in [7, 11) is 0. The fraction of sp³-hybridized carbons (Fsp3) is 0.400. The van der Waals surface area contributed by atoms with Crippen LogP contribution in [0.5, 0.6) is 0 Å². The number of rotatable bonds is 2. The highest BCUT2D eigenvalue weighted by molar-refractivity contribution is 6.31. The molecule has 1 amide bonds. The molecule has 1 aromatic heterocycles. The Hall–Kier alpha value is -1.09. The van der Waals surface area contributed by atoms with Crippen LogP contribution in [-0.2, 0) is 11.2 Å². The van der Waals surface area contributed by atoms with Gasteiger partial charge in [0.25, 0.3) is 0 Å². The molecule has 2 rings (SSSR count). The Labute approximate surface area is 87.5 Å². The second-order valence-electron chi connectivity index (χ2n) is 3.45. The molecule has 1 N–H and O–H groups in total. The molecule has 0 radical (unpaired) electrons. The van der Waals surface area contributed by atoms with Crippen molar-refractivity contribution in [3.05, 3.63) is 29.0 Å².